The van der Waals surface area contributed by atoms with Gasteiger partial charge in [-0.25, -0.2) is 4.98 Å². The molecule has 0 aliphatic rings. The van der Waals surface area contributed by atoms with E-state index in [1.54, 1.807) is 0 Å². The Balaban J connectivity index is 1.65. The Morgan fingerprint density at radius 3 is 2.88 bits per heavy atom. The lowest BCUT2D eigenvalue weighted by Crippen LogP contribution is -2.26. The number of nitrogens with one attached hydrogen (secondary N) is 3. The van der Waals surface area contributed by atoms with Gasteiger partial charge in [0.25, 0.3) is 0 Å². The zero-order chi connectivity index (χ0) is 18.1. The van der Waals surface area contributed by atoms with E-state index in [2.05, 4.69) is 62.7 Å². The minimum Gasteiger partial charge on any atom is -0.382 e. The first kappa shape index (κ1) is 16.6. The SMILES string of the molecule is CN(C)CCNCc1cc2c(-c3ccc4[nH]nc(N)c4c3)ccnc2[nH]1. The molecule has 0 aliphatic carbocycles. The van der Waals surface area contributed by atoms with Crippen LogP contribution in [0, 0.1) is 0 Å². The van der Waals surface area contributed by atoms with Gasteiger partial charge in [0.2, 0.25) is 0 Å². The van der Waals surface area contributed by atoms with Crippen LogP contribution in [0.3, 0.4) is 0 Å². The van der Waals surface area contributed by atoms with E-state index in [0.717, 1.165) is 58.4 Å². The molecule has 3 heterocycles. The first-order valence-corrected chi connectivity index (χ1v) is 8.68. The molecule has 0 aliphatic heterocycles. The van der Waals surface area contributed by atoms with E-state index in [1.807, 2.05) is 18.3 Å². The minimum absolute atomic E-state index is 0.520. The predicted molar refractivity (Wildman–Crippen MR) is 106 cm³/mol. The maximum absolute atomic E-state index is 5.96. The molecule has 3 aromatic heterocycles. The zero-order valence-electron chi connectivity index (χ0n) is 15.0. The fraction of sp³-hybridized carbons (Fsp3) is 0.263. The Hall–Kier alpha value is -2.90. The van der Waals surface area contributed by atoms with Crippen LogP contribution < -0.4 is 11.1 Å². The number of anilines is 1. The van der Waals surface area contributed by atoms with Crippen molar-refractivity contribution in [1.82, 2.24) is 30.4 Å². The van der Waals surface area contributed by atoms with E-state index in [-0.39, 0.29) is 0 Å². The van der Waals surface area contributed by atoms with Crippen molar-refractivity contribution in [3.8, 4) is 11.1 Å². The van der Waals surface area contributed by atoms with Gasteiger partial charge >= 0.3 is 0 Å². The first-order chi connectivity index (χ1) is 12.6. The van der Waals surface area contributed by atoms with Crippen molar-refractivity contribution in [3.05, 3.63) is 42.2 Å². The maximum atomic E-state index is 5.96. The molecule has 5 N–H and O–H groups in total. The number of likely N-dealkylation sites (N-methyl/N-ethyl adjacent to an activating group) is 1. The normalized spacial score (nSPS) is 11.8. The van der Waals surface area contributed by atoms with Crippen molar-refractivity contribution in [2.45, 2.75) is 6.54 Å². The molecule has 134 valence electrons. The monoisotopic (exact) mass is 349 g/mol. The quantitative estimate of drug-likeness (QED) is 0.401. The van der Waals surface area contributed by atoms with Gasteiger partial charge in [0, 0.05) is 42.3 Å². The number of benzene rings is 1. The number of nitrogens with zero attached hydrogens (tertiary/aromatic N) is 3. The van der Waals surface area contributed by atoms with E-state index in [4.69, 9.17) is 5.73 Å². The van der Waals surface area contributed by atoms with Gasteiger partial charge in [-0.05, 0) is 49.5 Å². The van der Waals surface area contributed by atoms with Crippen molar-refractivity contribution < 1.29 is 0 Å². The smallest absolute Gasteiger partial charge is 0.153 e. The molecule has 1 aromatic carbocycles. The second kappa shape index (κ2) is 6.78. The van der Waals surface area contributed by atoms with Gasteiger partial charge in [-0.1, -0.05) is 6.07 Å². The summed E-state index contributed by atoms with van der Waals surface area (Å²) in [5.74, 6) is 0.520. The third-order valence-electron chi connectivity index (χ3n) is 4.54. The molecule has 4 aromatic rings. The molecule has 7 heteroatoms. The van der Waals surface area contributed by atoms with Crippen LogP contribution in [-0.4, -0.2) is 52.3 Å². The number of hydrogen-bond donors (Lipinski definition) is 4. The van der Waals surface area contributed by atoms with Crippen LogP contribution in [-0.2, 0) is 6.54 Å². The molecular formula is C19H23N7. The van der Waals surface area contributed by atoms with Gasteiger partial charge in [0.15, 0.2) is 5.82 Å². The van der Waals surface area contributed by atoms with E-state index in [1.165, 1.54) is 0 Å². The summed E-state index contributed by atoms with van der Waals surface area (Å²) in [6, 6.07) is 10.4. The number of fused-ring (bicyclic) bond motifs is 2. The molecule has 0 saturated carbocycles. The van der Waals surface area contributed by atoms with Crippen LogP contribution in [0.2, 0.25) is 0 Å². The van der Waals surface area contributed by atoms with Crippen molar-refractivity contribution in [2.75, 3.05) is 32.9 Å². The number of pyridine rings is 1. The summed E-state index contributed by atoms with van der Waals surface area (Å²) >= 11 is 0. The molecule has 4 rings (SSSR count). The maximum Gasteiger partial charge on any atom is 0.153 e. The van der Waals surface area contributed by atoms with Crippen molar-refractivity contribution in [1.29, 1.82) is 0 Å². The average Bonchev–Trinajstić information content (AvgIpc) is 3.21. The highest BCUT2D eigenvalue weighted by molar-refractivity contribution is 5.98. The Bertz CT molecular complexity index is 1040. The van der Waals surface area contributed by atoms with Gasteiger partial charge in [-0.2, -0.15) is 5.10 Å². The standard InChI is InChI=1S/C19H23N7/c1-26(2)8-7-21-11-13-10-15-14(5-6-22-19(15)23-13)12-3-4-17-16(9-12)18(20)25-24-17/h3-6,9-10,21H,7-8,11H2,1-2H3,(H,22,23)(H3,20,24,25). The average molecular weight is 349 g/mol. The second-order valence-corrected chi connectivity index (χ2v) is 6.76. The van der Waals surface area contributed by atoms with E-state index < -0.39 is 0 Å². The van der Waals surface area contributed by atoms with E-state index in [9.17, 15) is 0 Å². The van der Waals surface area contributed by atoms with Gasteiger partial charge in [-0.15, -0.1) is 0 Å². The number of aromatic nitrogens is 4. The van der Waals surface area contributed by atoms with E-state index >= 15 is 0 Å². The number of aromatic amines is 2. The molecule has 0 atom stereocenters. The van der Waals surface area contributed by atoms with Crippen LogP contribution in [0.4, 0.5) is 5.82 Å². The highest BCUT2D eigenvalue weighted by atomic mass is 15.1. The van der Waals surface area contributed by atoms with Gasteiger partial charge < -0.3 is 20.9 Å². The summed E-state index contributed by atoms with van der Waals surface area (Å²) in [7, 11) is 4.15. The summed E-state index contributed by atoms with van der Waals surface area (Å²) in [6.07, 6.45) is 1.83. The lowest BCUT2D eigenvalue weighted by molar-refractivity contribution is 0.399. The Labute approximate surface area is 151 Å². The molecule has 0 fully saturated rings. The van der Waals surface area contributed by atoms with Gasteiger partial charge in [0.1, 0.15) is 5.65 Å². The van der Waals surface area contributed by atoms with Crippen LogP contribution in [0.1, 0.15) is 5.69 Å². The zero-order valence-corrected chi connectivity index (χ0v) is 15.0. The number of rotatable bonds is 6. The molecule has 0 saturated heterocycles. The molecule has 0 spiro atoms. The largest absolute Gasteiger partial charge is 0.382 e. The van der Waals surface area contributed by atoms with Crippen molar-refractivity contribution in [2.24, 2.45) is 0 Å². The van der Waals surface area contributed by atoms with Gasteiger partial charge in [0.05, 0.1) is 5.52 Å². The fourth-order valence-corrected chi connectivity index (χ4v) is 3.16. The third-order valence-corrected chi connectivity index (χ3v) is 4.54. The number of nitrogen functional groups attached to an aromatic ring is 1. The van der Waals surface area contributed by atoms with Crippen molar-refractivity contribution >= 4 is 27.8 Å². The molecule has 7 nitrogen and oxygen atoms in total. The molecule has 0 amide bonds. The lowest BCUT2D eigenvalue weighted by atomic mass is 10.0. The summed E-state index contributed by atoms with van der Waals surface area (Å²) < 4.78 is 0. The van der Waals surface area contributed by atoms with Crippen molar-refractivity contribution in [3.63, 3.8) is 0 Å². The number of hydrogen-bond acceptors (Lipinski definition) is 5. The summed E-state index contributed by atoms with van der Waals surface area (Å²) in [6.45, 7) is 2.74. The van der Waals surface area contributed by atoms with Crippen LogP contribution in [0.5, 0.6) is 0 Å². The Kier molecular flexibility index (Phi) is 4.32. The molecular weight excluding hydrogens is 326 g/mol. The summed E-state index contributed by atoms with van der Waals surface area (Å²) in [5.41, 5.74) is 11.2. The third kappa shape index (κ3) is 3.14. The molecule has 0 radical (unpaired) electrons. The van der Waals surface area contributed by atoms with Crippen LogP contribution in [0.25, 0.3) is 33.1 Å². The highest BCUT2D eigenvalue weighted by Gasteiger charge is 2.10. The first-order valence-electron chi connectivity index (χ1n) is 8.68. The number of nitrogens with two attached hydrogens (primary N) is 1. The Morgan fingerprint density at radius 1 is 1.15 bits per heavy atom. The van der Waals surface area contributed by atoms with Gasteiger partial charge in [-0.3, -0.25) is 5.10 Å². The van der Waals surface area contributed by atoms with E-state index in [0.29, 0.717) is 5.82 Å². The second-order valence-electron chi connectivity index (χ2n) is 6.76. The summed E-state index contributed by atoms with van der Waals surface area (Å²) in [5, 5.41) is 12.5. The lowest BCUT2D eigenvalue weighted by Gasteiger charge is -2.09. The highest BCUT2D eigenvalue weighted by Crippen LogP contribution is 2.31. The molecule has 0 unspecified atom stereocenters. The van der Waals surface area contributed by atoms with Crippen LogP contribution >= 0.6 is 0 Å². The molecule has 26 heavy (non-hydrogen) atoms. The topological polar surface area (TPSA) is 98.7 Å². The van der Waals surface area contributed by atoms with Crippen LogP contribution in [0.15, 0.2) is 36.5 Å². The molecule has 0 bridgehead atoms. The predicted octanol–water partition coefficient (Wildman–Crippen LogP) is 2.34. The Morgan fingerprint density at radius 2 is 2.04 bits per heavy atom. The number of H-pyrrole nitrogens is 2. The fourth-order valence-electron chi connectivity index (χ4n) is 3.16. The summed E-state index contributed by atoms with van der Waals surface area (Å²) in [4.78, 5) is 10.0. The minimum atomic E-state index is 0.520.